The summed E-state index contributed by atoms with van der Waals surface area (Å²) in [4.78, 5) is 0. The highest BCUT2D eigenvalue weighted by Gasteiger charge is 2.42. The van der Waals surface area contributed by atoms with Crippen LogP contribution in [0, 0.1) is 10.8 Å². The Hall–Kier alpha value is -3.38. The van der Waals surface area contributed by atoms with E-state index in [1.807, 2.05) is 0 Å². The lowest BCUT2D eigenvalue weighted by Crippen LogP contribution is -2.23. The fourth-order valence-electron chi connectivity index (χ4n) is 9.51. The van der Waals surface area contributed by atoms with Crippen molar-refractivity contribution in [2.75, 3.05) is 0 Å². The summed E-state index contributed by atoms with van der Waals surface area (Å²) in [6, 6.07) is 29.3. The molecular weight excluding hydrogens is 649 g/mol. The van der Waals surface area contributed by atoms with Crippen LogP contribution in [0.15, 0.2) is 84.9 Å². The number of rotatable bonds is 8. The van der Waals surface area contributed by atoms with Gasteiger partial charge in [-0.3, -0.25) is 0 Å². The smallest absolute Gasteiger partial charge is 0.0153 e. The molecule has 0 radical (unpaired) electrons. The predicted octanol–water partition coefficient (Wildman–Crippen LogP) is 16.0. The first-order chi connectivity index (χ1) is 24.8. The van der Waals surface area contributed by atoms with Gasteiger partial charge >= 0.3 is 0 Å². The lowest BCUT2D eigenvalue weighted by atomic mass is 9.69. The summed E-state index contributed by atoms with van der Waals surface area (Å²) in [6.45, 7) is 38.2. The minimum Gasteiger partial charge on any atom is -0.0885 e. The molecule has 6 rings (SSSR count). The maximum absolute atomic E-state index is 2.55. The van der Waals surface area contributed by atoms with Gasteiger partial charge in [-0.15, -0.1) is 0 Å². The van der Waals surface area contributed by atoms with Gasteiger partial charge in [-0.2, -0.15) is 0 Å². The number of hydrogen-bond acceptors (Lipinski definition) is 0. The van der Waals surface area contributed by atoms with Gasteiger partial charge in [0.2, 0.25) is 0 Å². The van der Waals surface area contributed by atoms with E-state index in [4.69, 9.17) is 0 Å². The number of allylic oxidation sites excluding steroid dienone is 2. The Morgan fingerprint density at radius 2 is 0.574 bits per heavy atom. The van der Waals surface area contributed by atoms with Crippen LogP contribution >= 0.6 is 0 Å². The minimum absolute atomic E-state index is 0.115. The Kier molecular flexibility index (Phi) is 10.2. The van der Waals surface area contributed by atoms with E-state index in [-0.39, 0.29) is 32.5 Å². The summed E-state index contributed by atoms with van der Waals surface area (Å²) in [5.74, 6) is 0.774. The topological polar surface area (TPSA) is 0 Å². The molecular formula is C54H72. The molecule has 0 aromatic heterocycles. The second-order valence-electron chi connectivity index (χ2n) is 22.6. The van der Waals surface area contributed by atoms with E-state index in [2.05, 4.69) is 196 Å². The van der Waals surface area contributed by atoms with Crippen LogP contribution in [0.3, 0.4) is 0 Å². The minimum atomic E-state index is 0.115. The van der Waals surface area contributed by atoms with Crippen LogP contribution in [0.2, 0.25) is 0 Å². The largest absolute Gasteiger partial charge is 0.0885 e. The summed E-state index contributed by atoms with van der Waals surface area (Å²) in [7, 11) is 0. The van der Waals surface area contributed by atoms with Crippen LogP contribution < -0.4 is 0 Å². The molecule has 0 saturated heterocycles. The third-order valence-corrected chi connectivity index (χ3v) is 13.1. The van der Waals surface area contributed by atoms with E-state index in [1.54, 1.807) is 0 Å². The third kappa shape index (κ3) is 7.71. The molecule has 0 fully saturated rings. The van der Waals surface area contributed by atoms with Crippen LogP contribution in [-0.2, 0) is 21.7 Å². The molecule has 0 bridgehead atoms. The van der Waals surface area contributed by atoms with Crippen molar-refractivity contribution in [1.29, 1.82) is 0 Å². The molecule has 0 aliphatic heterocycles. The number of hydrogen-bond donors (Lipinski definition) is 0. The molecule has 0 unspecified atom stereocenters. The Balaban J connectivity index is 1.22. The molecule has 0 amide bonds. The van der Waals surface area contributed by atoms with Crippen molar-refractivity contribution in [3.05, 3.63) is 129 Å². The average Bonchev–Trinajstić information content (AvgIpc) is 3.57. The van der Waals surface area contributed by atoms with Gasteiger partial charge in [0.25, 0.3) is 0 Å². The SMILES string of the molecule is CC(C)(C)c1ccc2c(c1)C(C(C)(C)CC/C=C/CCC(C)(C)C1c3cc(C(C)(C)C)ccc3-c3ccc(C(C)(C)C)cc31)c1cc(C(C)(C)C)ccc1-2. The van der Waals surface area contributed by atoms with Gasteiger partial charge in [0.1, 0.15) is 0 Å². The average molecular weight is 721 g/mol. The third-order valence-electron chi connectivity index (χ3n) is 13.1. The van der Waals surface area contributed by atoms with E-state index in [9.17, 15) is 0 Å². The summed E-state index contributed by atoms with van der Waals surface area (Å²) >= 11 is 0. The normalized spacial score (nSPS) is 15.5. The quantitative estimate of drug-likeness (QED) is 0.159. The van der Waals surface area contributed by atoms with Crippen LogP contribution in [-0.4, -0.2) is 0 Å². The van der Waals surface area contributed by atoms with Gasteiger partial charge in [0.15, 0.2) is 0 Å². The van der Waals surface area contributed by atoms with Crippen LogP contribution in [0.25, 0.3) is 22.3 Å². The van der Waals surface area contributed by atoms with E-state index >= 15 is 0 Å². The lowest BCUT2D eigenvalue weighted by molar-refractivity contribution is 0.294. The van der Waals surface area contributed by atoms with Gasteiger partial charge < -0.3 is 0 Å². The fourth-order valence-corrected chi connectivity index (χ4v) is 9.51. The Bertz CT molecular complexity index is 1770. The molecule has 0 heterocycles. The lowest BCUT2D eigenvalue weighted by Gasteiger charge is -2.35. The van der Waals surface area contributed by atoms with Crippen molar-refractivity contribution < 1.29 is 0 Å². The first-order valence-electron chi connectivity index (χ1n) is 21.0. The molecule has 0 spiro atoms. The Labute approximate surface area is 331 Å². The van der Waals surface area contributed by atoms with Crippen LogP contribution in [0.1, 0.15) is 193 Å². The van der Waals surface area contributed by atoms with E-state index in [0.29, 0.717) is 11.8 Å². The van der Waals surface area contributed by atoms with Crippen LogP contribution in [0.5, 0.6) is 0 Å². The van der Waals surface area contributed by atoms with E-state index < -0.39 is 0 Å². The zero-order valence-electron chi connectivity index (χ0n) is 37.1. The molecule has 2 aliphatic carbocycles. The molecule has 4 aromatic rings. The second kappa shape index (κ2) is 13.7. The summed E-state index contributed by atoms with van der Waals surface area (Å²) in [5.41, 5.74) is 18.3. The Morgan fingerprint density at radius 3 is 0.778 bits per heavy atom. The zero-order chi connectivity index (χ0) is 39.8. The molecule has 0 heteroatoms. The highest BCUT2D eigenvalue weighted by Crippen LogP contribution is 2.57. The van der Waals surface area contributed by atoms with Gasteiger partial charge in [-0.25, -0.2) is 0 Å². The molecule has 0 N–H and O–H groups in total. The summed E-state index contributed by atoms with van der Waals surface area (Å²) in [5, 5.41) is 0. The van der Waals surface area contributed by atoms with Crippen molar-refractivity contribution >= 4 is 0 Å². The van der Waals surface area contributed by atoms with Crippen molar-refractivity contribution in [1.82, 2.24) is 0 Å². The molecule has 0 nitrogen and oxygen atoms in total. The molecule has 2 aliphatic rings. The van der Waals surface area contributed by atoms with E-state index in [0.717, 1.165) is 25.7 Å². The first kappa shape index (κ1) is 40.3. The molecule has 54 heavy (non-hydrogen) atoms. The second-order valence-corrected chi connectivity index (χ2v) is 22.6. The number of benzene rings is 4. The van der Waals surface area contributed by atoms with Gasteiger partial charge in [-0.1, -0.05) is 196 Å². The fraction of sp³-hybridized carbons (Fsp3) is 0.519. The summed E-state index contributed by atoms with van der Waals surface area (Å²) < 4.78 is 0. The summed E-state index contributed by atoms with van der Waals surface area (Å²) in [6.07, 6.45) is 9.52. The standard InChI is InChI=1S/C54H72/c1-49(2,3)35-21-25-39-40-26-22-36(50(4,5)6)32-44(40)47(43(39)31-35)53(13,14)29-19-17-18-20-30-54(15,16)48-45-33-37(51(7,8)9)23-27-41(45)42-28-24-38(34-46(42)48)52(10,11)12/h17-18,21-28,31-34,47-48H,19-20,29-30H2,1-16H3/b18-17+. The molecule has 0 atom stereocenters. The zero-order valence-corrected chi connectivity index (χ0v) is 37.1. The predicted molar refractivity (Wildman–Crippen MR) is 237 cm³/mol. The highest BCUT2D eigenvalue weighted by atomic mass is 14.5. The monoisotopic (exact) mass is 721 g/mol. The van der Waals surface area contributed by atoms with Crippen molar-refractivity contribution in [2.45, 2.75) is 170 Å². The molecule has 288 valence electrons. The molecule has 0 saturated carbocycles. The van der Waals surface area contributed by atoms with Crippen molar-refractivity contribution in [2.24, 2.45) is 10.8 Å². The molecule has 4 aromatic carbocycles. The van der Waals surface area contributed by atoms with E-state index in [1.165, 1.54) is 66.8 Å². The first-order valence-corrected chi connectivity index (χ1v) is 21.0. The van der Waals surface area contributed by atoms with Crippen LogP contribution in [0.4, 0.5) is 0 Å². The van der Waals surface area contributed by atoms with Crippen molar-refractivity contribution in [3.63, 3.8) is 0 Å². The highest BCUT2D eigenvalue weighted by molar-refractivity contribution is 5.81. The van der Waals surface area contributed by atoms with Gasteiger partial charge in [-0.05, 0) is 125 Å². The Morgan fingerprint density at radius 1 is 0.352 bits per heavy atom. The maximum Gasteiger partial charge on any atom is 0.0153 e. The maximum atomic E-state index is 2.55. The van der Waals surface area contributed by atoms with Gasteiger partial charge in [0.05, 0.1) is 0 Å². The van der Waals surface area contributed by atoms with Crippen molar-refractivity contribution in [3.8, 4) is 22.3 Å². The van der Waals surface area contributed by atoms with Gasteiger partial charge in [0, 0.05) is 11.8 Å². The number of fused-ring (bicyclic) bond motifs is 6.